The molecule has 0 aliphatic carbocycles. The fraction of sp³-hybridized carbons (Fsp3) is 0.727. The number of carboxylic acid groups (broad SMARTS) is 3. The number of carbonyl (C=O) groups excluding carboxylic acids is 1. The fourth-order valence-electron chi connectivity index (χ4n) is 1.50. The summed E-state index contributed by atoms with van der Waals surface area (Å²) in [6.07, 6.45) is -2.86. The normalized spacial score (nSPS) is 24.8. The van der Waals surface area contributed by atoms with Gasteiger partial charge in [-0.25, -0.2) is 9.59 Å². The second-order valence-corrected chi connectivity index (χ2v) is 4.69. The molecule has 0 amide bonds. The van der Waals surface area contributed by atoms with Crippen LogP contribution in [0.5, 0.6) is 0 Å². The van der Waals surface area contributed by atoms with E-state index in [0.717, 1.165) is 19.4 Å². The van der Waals surface area contributed by atoms with Crippen LogP contribution in [0.1, 0.15) is 19.8 Å². The fourth-order valence-corrected chi connectivity index (χ4v) is 1.50. The molecule has 3 atom stereocenters. The molecule has 1 aliphatic rings. The molecule has 1 saturated heterocycles. The van der Waals surface area contributed by atoms with E-state index >= 15 is 0 Å². The first-order valence-corrected chi connectivity index (χ1v) is 5.86. The van der Waals surface area contributed by atoms with Crippen molar-refractivity contribution < 1.29 is 39.9 Å². The SMILES string of the molecule is C[C@]1(C(=O)[O-])CCCNC1.O=C(O)[C@@H](O)[C@H](O)C(=O)O. The van der Waals surface area contributed by atoms with E-state index < -0.39 is 35.5 Å². The van der Waals surface area contributed by atoms with Crippen LogP contribution in [0, 0.1) is 5.41 Å². The smallest absolute Gasteiger partial charge is 0.335 e. The van der Waals surface area contributed by atoms with Crippen LogP contribution in [0.3, 0.4) is 0 Å². The molecule has 1 rings (SSSR count). The van der Waals surface area contributed by atoms with E-state index in [1.165, 1.54) is 0 Å². The average Bonchev–Trinajstić information content (AvgIpc) is 2.38. The first-order valence-electron chi connectivity index (χ1n) is 5.86. The molecular formula is C11H18NO8-. The van der Waals surface area contributed by atoms with Crippen LogP contribution in [0.25, 0.3) is 0 Å². The third-order valence-corrected chi connectivity index (χ3v) is 2.90. The highest BCUT2D eigenvalue weighted by atomic mass is 16.4. The van der Waals surface area contributed by atoms with Gasteiger partial charge in [0.05, 0.1) is 0 Å². The van der Waals surface area contributed by atoms with E-state index in [-0.39, 0.29) is 0 Å². The van der Waals surface area contributed by atoms with E-state index in [9.17, 15) is 19.5 Å². The Morgan fingerprint density at radius 2 is 1.60 bits per heavy atom. The van der Waals surface area contributed by atoms with Gasteiger partial charge < -0.3 is 35.6 Å². The zero-order chi connectivity index (χ0) is 15.9. The molecule has 0 bridgehead atoms. The molecule has 0 aromatic carbocycles. The van der Waals surface area contributed by atoms with Crippen molar-refractivity contribution >= 4 is 17.9 Å². The van der Waals surface area contributed by atoms with Crippen molar-refractivity contribution in [2.75, 3.05) is 13.1 Å². The van der Waals surface area contributed by atoms with Crippen LogP contribution in [-0.4, -0.2) is 63.6 Å². The van der Waals surface area contributed by atoms with E-state index in [2.05, 4.69) is 5.32 Å². The second-order valence-electron chi connectivity index (χ2n) is 4.69. The number of carboxylic acids is 3. The number of aliphatic carboxylic acids is 3. The number of hydrogen-bond donors (Lipinski definition) is 5. The third kappa shape index (κ3) is 5.51. The zero-order valence-corrected chi connectivity index (χ0v) is 10.9. The quantitative estimate of drug-likeness (QED) is 0.362. The minimum absolute atomic E-state index is 0.551. The van der Waals surface area contributed by atoms with Gasteiger partial charge in [0, 0.05) is 17.9 Å². The lowest BCUT2D eigenvalue weighted by Gasteiger charge is -2.34. The number of aliphatic hydroxyl groups excluding tert-OH is 2. The van der Waals surface area contributed by atoms with E-state index in [1.54, 1.807) is 6.92 Å². The van der Waals surface area contributed by atoms with Crippen LogP contribution < -0.4 is 10.4 Å². The Morgan fingerprint density at radius 3 is 1.80 bits per heavy atom. The van der Waals surface area contributed by atoms with Gasteiger partial charge in [-0.15, -0.1) is 0 Å². The highest BCUT2D eigenvalue weighted by molar-refractivity contribution is 5.83. The third-order valence-electron chi connectivity index (χ3n) is 2.90. The van der Waals surface area contributed by atoms with Crippen LogP contribution in [0.15, 0.2) is 0 Å². The van der Waals surface area contributed by atoms with Gasteiger partial charge in [-0.1, -0.05) is 6.92 Å². The minimum Gasteiger partial charge on any atom is -0.550 e. The summed E-state index contributed by atoms with van der Waals surface area (Å²) < 4.78 is 0. The molecule has 0 radical (unpaired) electrons. The van der Waals surface area contributed by atoms with Crippen molar-refractivity contribution in [2.45, 2.75) is 32.0 Å². The number of hydrogen-bond acceptors (Lipinski definition) is 7. The van der Waals surface area contributed by atoms with Gasteiger partial charge >= 0.3 is 11.9 Å². The summed E-state index contributed by atoms with van der Waals surface area (Å²) in [6.45, 7) is 3.21. The van der Waals surface area contributed by atoms with Crippen molar-refractivity contribution in [3.8, 4) is 0 Å². The first-order chi connectivity index (χ1) is 9.11. The number of carbonyl (C=O) groups is 3. The molecule has 20 heavy (non-hydrogen) atoms. The summed E-state index contributed by atoms with van der Waals surface area (Å²) in [7, 11) is 0. The molecular weight excluding hydrogens is 274 g/mol. The predicted octanol–water partition coefficient (Wildman–Crippen LogP) is -3.00. The average molecular weight is 292 g/mol. The molecule has 1 heterocycles. The monoisotopic (exact) mass is 292 g/mol. The number of nitrogens with one attached hydrogen (secondary N) is 1. The minimum atomic E-state index is -2.27. The molecule has 0 aromatic rings. The van der Waals surface area contributed by atoms with Crippen molar-refractivity contribution in [1.82, 2.24) is 5.32 Å². The lowest BCUT2D eigenvalue weighted by atomic mass is 9.83. The Bertz CT molecular complexity index is 345. The lowest BCUT2D eigenvalue weighted by Crippen LogP contribution is -2.49. The Labute approximate surface area is 114 Å². The Balaban J connectivity index is 0.000000361. The van der Waals surface area contributed by atoms with E-state index in [1.807, 2.05) is 0 Å². The molecule has 0 saturated carbocycles. The molecule has 0 unspecified atom stereocenters. The van der Waals surface area contributed by atoms with Gasteiger partial charge in [0.2, 0.25) is 0 Å². The summed E-state index contributed by atoms with van der Waals surface area (Å²) in [4.78, 5) is 30.1. The van der Waals surface area contributed by atoms with Crippen LogP contribution in [0.4, 0.5) is 0 Å². The highest BCUT2D eigenvalue weighted by Crippen LogP contribution is 2.23. The predicted molar refractivity (Wildman–Crippen MR) is 62.5 cm³/mol. The van der Waals surface area contributed by atoms with Gasteiger partial charge in [0.1, 0.15) is 0 Å². The van der Waals surface area contributed by atoms with Gasteiger partial charge in [0.15, 0.2) is 12.2 Å². The Kier molecular flexibility index (Phi) is 7.11. The van der Waals surface area contributed by atoms with Crippen molar-refractivity contribution in [3.05, 3.63) is 0 Å². The summed E-state index contributed by atoms with van der Waals surface area (Å²) >= 11 is 0. The topological polar surface area (TPSA) is 167 Å². The maximum Gasteiger partial charge on any atom is 0.335 e. The standard InChI is InChI=1S/C7H13NO2.C4H6O6/c1-7(6(9)10)3-2-4-8-5-7;5-1(3(7)8)2(6)4(9)10/h8H,2-5H2,1H3,(H,9,10);1-2,5-6H,(H,7,8)(H,9,10)/p-1/t7-;1-,2-/m00/s1. The second kappa shape index (κ2) is 7.78. The van der Waals surface area contributed by atoms with Crippen LogP contribution in [-0.2, 0) is 14.4 Å². The van der Waals surface area contributed by atoms with E-state index in [0.29, 0.717) is 6.54 Å². The van der Waals surface area contributed by atoms with Crippen molar-refractivity contribution in [3.63, 3.8) is 0 Å². The maximum atomic E-state index is 10.5. The highest BCUT2D eigenvalue weighted by Gasteiger charge is 2.29. The molecule has 0 aromatic heterocycles. The number of piperidine rings is 1. The summed E-state index contributed by atoms with van der Waals surface area (Å²) in [6, 6.07) is 0. The van der Waals surface area contributed by atoms with Gasteiger partial charge in [-0.05, 0) is 19.4 Å². The lowest BCUT2D eigenvalue weighted by molar-refractivity contribution is -0.319. The van der Waals surface area contributed by atoms with Gasteiger partial charge in [0.25, 0.3) is 0 Å². The van der Waals surface area contributed by atoms with Crippen LogP contribution >= 0.6 is 0 Å². The molecule has 0 spiro atoms. The maximum absolute atomic E-state index is 10.5. The number of aliphatic hydroxyl groups is 2. The van der Waals surface area contributed by atoms with E-state index in [4.69, 9.17) is 20.4 Å². The molecule has 5 N–H and O–H groups in total. The molecule has 1 fully saturated rings. The van der Waals surface area contributed by atoms with Crippen molar-refractivity contribution in [1.29, 1.82) is 0 Å². The summed E-state index contributed by atoms with van der Waals surface area (Å²) in [5.41, 5.74) is -0.627. The van der Waals surface area contributed by atoms with Gasteiger partial charge in [-0.3, -0.25) is 0 Å². The number of rotatable bonds is 4. The van der Waals surface area contributed by atoms with Crippen molar-refractivity contribution in [2.24, 2.45) is 5.41 Å². The zero-order valence-electron chi connectivity index (χ0n) is 10.9. The Morgan fingerprint density at radius 1 is 1.15 bits per heavy atom. The first kappa shape index (κ1) is 18.3. The molecule has 9 nitrogen and oxygen atoms in total. The largest absolute Gasteiger partial charge is 0.550 e. The van der Waals surface area contributed by atoms with Crippen LogP contribution in [0.2, 0.25) is 0 Å². The van der Waals surface area contributed by atoms with Gasteiger partial charge in [-0.2, -0.15) is 0 Å². The molecule has 9 heteroatoms. The Hall–Kier alpha value is -1.71. The summed E-state index contributed by atoms with van der Waals surface area (Å²) in [5.74, 6) is -4.47. The molecule has 116 valence electrons. The summed E-state index contributed by atoms with van der Waals surface area (Å²) in [5, 5.41) is 46.1. The molecule has 1 aliphatic heterocycles.